The van der Waals surface area contributed by atoms with Gasteiger partial charge in [-0.25, -0.2) is 0 Å². The standard InChI is InChI=1S/C19H19N3O2/c1-14(15-6-3-2-4-7-15)22-17-10-16(11-20-12-17)19(23)21-13-18-8-5-9-24-18/h2-12,14,22H,13H2,1H3,(H,21,23). The molecule has 0 saturated heterocycles. The van der Waals surface area contributed by atoms with E-state index in [2.05, 4.69) is 34.7 Å². The molecular weight excluding hydrogens is 302 g/mol. The third-order valence-electron chi connectivity index (χ3n) is 3.69. The Labute approximate surface area is 140 Å². The fourth-order valence-electron chi connectivity index (χ4n) is 2.40. The second-order valence-electron chi connectivity index (χ2n) is 5.50. The van der Waals surface area contributed by atoms with Crippen LogP contribution in [0.15, 0.2) is 71.6 Å². The summed E-state index contributed by atoms with van der Waals surface area (Å²) >= 11 is 0. The molecule has 0 fully saturated rings. The molecule has 1 atom stereocenters. The highest BCUT2D eigenvalue weighted by atomic mass is 16.3. The normalized spacial score (nSPS) is 11.7. The Kier molecular flexibility index (Phi) is 4.91. The molecule has 0 bridgehead atoms. The van der Waals surface area contributed by atoms with Crippen molar-refractivity contribution in [1.29, 1.82) is 0 Å². The summed E-state index contributed by atoms with van der Waals surface area (Å²) in [6.45, 7) is 2.42. The molecule has 0 spiro atoms. The van der Waals surface area contributed by atoms with Crippen LogP contribution < -0.4 is 10.6 Å². The molecule has 0 aliphatic rings. The number of amides is 1. The predicted octanol–water partition coefficient (Wildman–Crippen LogP) is 3.78. The maximum absolute atomic E-state index is 12.2. The molecule has 3 aromatic rings. The van der Waals surface area contributed by atoms with E-state index in [-0.39, 0.29) is 11.9 Å². The van der Waals surface area contributed by atoms with Gasteiger partial charge in [-0.3, -0.25) is 9.78 Å². The number of nitrogens with zero attached hydrogens (tertiary/aromatic N) is 1. The van der Waals surface area contributed by atoms with Gasteiger partial charge in [0, 0.05) is 18.4 Å². The lowest BCUT2D eigenvalue weighted by Crippen LogP contribution is -2.22. The first-order valence-electron chi connectivity index (χ1n) is 7.79. The second-order valence-corrected chi connectivity index (χ2v) is 5.50. The number of carbonyl (C=O) groups is 1. The molecular formula is C19H19N3O2. The zero-order valence-corrected chi connectivity index (χ0v) is 13.4. The molecule has 5 heteroatoms. The lowest BCUT2D eigenvalue weighted by Gasteiger charge is -2.16. The minimum Gasteiger partial charge on any atom is -0.467 e. The molecule has 0 aliphatic heterocycles. The smallest absolute Gasteiger partial charge is 0.253 e. The van der Waals surface area contributed by atoms with Crippen molar-refractivity contribution < 1.29 is 9.21 Å². The topological polar surface area (TPSA) is 67.2 Å². The molecule has 122 valence electrons. The minimum atomic E-state index is -0.185. The van der Waals surface area contributed by atoms with Crippen LogP contribution in [-0.4, -0.2) is 10.9 Å². The Bertz CT molecular complexity index is 785. The predicted molar refractivity (Wildman–Crippen MR) is 92.6 cm³/mol. The number of nitrogens with one attached hydrogen (secondary N) is 2. The number of benzene rings is 1. The average Bonchev–Trinajstić information content (AvgIpc) is 3.14. The van der Waals surface area contributed by atoms with E-state index in [1.54, 1.807) is 30.8 Å². The summed E-state index contributed by atoms with van der Waals surface area (Å²) in [7, 11) is 0. The van der Waals surface area contributed by atoms with Gasteiger partial charge in [-0.2, -0.15) is 0 Å². The maximum atomic E-state index is 12.2. The van der Waals surface area contributed by atoms with Gasteiger partial charge in [0.05, 0.1) is 24.1 Å². The Morgan fingerprint density at radius 2 is 2.00 bits per heavy atom. The Hall–Kier alpha value is -3.08. The van der Waals surface area contributed by atoms with Crippen molar-refractivity contribution in [3.63, 3.8) is 0 Å². The van der Waals surface area contributed by atoms with Crippen LogP contribution in [0.25, 0.3) is 0 Å². The molecule has 1 amide bonds. The number of hydrogen-bond acceptors (Lipinski definition) is 4. The number of furan rings is 1. The van der Waals surface area contributed by atoms with Gasteiger partial charge in [-0.1, -0.05) is 30.3 Å². The number of hydrogen-bond donors (Lipinski definition) is 2. The van der Waals surface area contributed by atoms with Gasteiger partial charge in [-0.05, 0) is 30.7 Å². The van der Waals surface area contributed by atoms with E-state index in [1.165, 1.54) is 5.56 Å². The second kappa shape index (κ2) is 7.46. The summed E-state index contributed by atoms with van der Waals surface area (Å²) in [5.41, 5.74) is 2.48. The van der Waals surface area contributed by atoms with E-state index in [9.17, 15) is 4.79 Å². The molecule has 1 aromatic carbocycles. The van der Waals surface area contributed by atoms with Crippen molar-refractivity contribution in [2.24, 2.45) is 0 Å². The van der Waals surface area contributed by atoms with E-state index in [0.29, 0.717) is 17.9 Å². The van der Waals surface area contributed by atoms with Crippen LogP contribution in [0.2, 0.25) is 0 Å². The van der Waals surface area contributed by atoms with Crippen LogP contribution in [0.5, 0.6) is 0 Å². The molecule has 2 N–H and O–H groups in total. The monoisotopic (exact) mass is 321 g/mol. The quantitative estimate of drug-likeness (QED) is 0.725. The lowest BCUT2D eigenvalue weighted by atomic mass is 10.1. The van der Waals surface area contributed by atoms with Crippen molar-refractivity contribution >= 4 is 11.6 Å². The zero-order valence-electron chi connectivity index (χ0n) is 13.4. The molecule has 2 aromatic heterocycles. The summed E-state index contributed by atoms with van der Waals surface area (Å²) < 4.78 is 5.20. The molecule has 3 rings (SSSR count). The van der Waals surface area contributed by atoms with Crippen LogP contribution >= 0.6 is 0 Å². The highest BCUT2D eigenvalue weighted by Crippen LogP contribution is 2.19. The van der Waals surface area contributed by atoms with Gasteiger partial charge in [0.1, 0.15) is 5.76 Å². The van der Waals surface area contributed by atoms with Gasteiger partial charge >= 0.3 is 0 Å². The summed E-state index contributed by atoms with van der Waals surface area (Å²) in [5.74, 6) is 0.526. The maximum Gasteiger partial charge on any atom is 0.253 e. The van der Waals surface area contributed by atoms with Crippen molar-refractivity contribution in [3.8, 4) is 0 Å². The highest BCUT2D eigenvalue weighted by molar-refractivity contribution is 5.94. The number of rotatable bonds is 6. The SMILES string of the molecule is CC(Nc1cncc(C(=O)NCc2ccco2)c1)c1ccccc1. The van der Waals surface area contributed by atoms with Gasteiger partial charge in [0.25, 0.3) is 5.91 Å². The van der Waals surface area contributed by atoms with E-state index in [0.717, 1.165) is 5.69 Å². The minimum absolute atomic E-state index is 0.120. The van der Waals surface area contributed by atoms with E-state index >= 15 is 0 Å². The summed E-state index contributed by atoms with van der Waals surface area (Å²) in [5, 5.41) is 6.18. The third kappa shape index (κ3) is 4.01. The van der Waals surface area contributed by atoms with Crippen LogP contribution in [0, 0.1) is 0 Å². The zero-order chi connectivity index (χ0) is 16.8. The van der Waals surface area contributed by atoms with Crippen LogP contribution in [0.3, 0.4) is 0 Å². The Morgan fingerprint density at radius 3 is 2.75 bits per heavy atom. The molecule has 5 nitrogen and oxygen atoms in total. The highest BCUT2D eigenvalue weighted by Gasteiger charge is 2.10. The average molecular weight is 321 g/mol. The number of aromatic nitrogens is 1. The molecule has 1 unspecified atom stereocenters. The van der Waals surface area contributed by atoms with Crippen molar-refractivity contribution in [2.75, 3.05) is 5.32 Å². The van der Waals surface area contributed by atoms with E-state index in [1.807, 2.05) is 24.3 Å². The van der Waals surface area contributed by atoms with Crippen molar-refractivity contribution in [1.82, 2.24) is 10.3 Å². The molecule has 2 heterocycles. The van der Waals surface area contributed by atoms with Gasteiger partial charge in [-0.15, -0.1) is 0 Å². The Balaban J connectivity index is 1.64. The van der Waals surface area contributed by atoms with Crippen LogP contribution in [-0.2, 0) is 6.54 Å². The molecule has 0 saturated carbocycles. The van der Waals surface area contributed by atoms with E-state index in [4.69, 9.17) is 4.42 Å². The third-order valence-corrected chi connectivity index (χ3v) is 3.69. The lowest BCUT2D eigenvalue weighted by molar-refractivity contribution is 0.0947. The van der Waals surface area contributed by atoms with Gasteiger partial charge in [0.2, 0.25) is 0 Å². The fourth-order valence-corrected chi connectivity index (χ4v) is 2.40. The van der Waals surface area contributed by atoms with Crippen molar-refractivity contribution in [2.45, 2.75) is 19.5 Å². The number of pyridine rings is 1. The van der Waals surface area contributed by atoms with Crippen LogP contribution in [0.4, 0.5) is 5.69 Å². The summed E-state index contributed by atoms with van der Waals surface area (Å²) in [6.07, 6.45) is 4.84. The van der Waals surface area contributed by atoms with Gasteiger partial charge in [0.15, 0.2) is 0 Å². The first-order chi connectivity index (χ1) is 11.7. The number of anilines is 1. The summed E-state index contributed by atoms with van der Waals surface area (Å²) in [6, 6.07) is 15.6. The van der Waals surface area contributed by atoms with Gasteiger partial charge < -0.3 is 15.1 Å². The molecule has 0 radical (unpaired) electrons. The largest absolute Gasteiger partial charge is 0.467 e. The van der Waals surface area contributed by atoms with Crippen LogP contribution in [0.1, 0.15) is 34.6 Å². The first kappa shape index (κ1) is 15.8. The van der Waals surface area contributed by atoms with Crippen molar-refractivity contribution in [3.05, 3.63) is 84.1 Å². The van der Waals surface area contributed by atoms with E-state index < -0.39 is 0 Å². The number of carbonyl (C=O) groups excluding carboxylic acids is 1. The molecule has 0 aliphatic carbocycles. The molecule has 24 heavy (non-hydrogen) atoms. The fraction of sp³-hybridized carbons (Fsp3) is 0.158. The summed E-state index contributed by atoms with van der Waals surface area (Å²) in [4.78, 5) is 16.4. The first-order valence-corrected chi connectivity index (χ1v) is 7.79. The Morgan fingerprint density at radius 1 is 1.17 bits per heavy atom.